The van der Waals surface area contributed by atoms with Crippen LogP contribution in [0.15, 0.2) is 12.1 Å². The van der Waals surface area contributed by atoms with E-state index >= 15 is 0 Å². The van der Waals surface area contributed by atoms with E-state index in [9.17, 15) is 18.0 Å². The highest BCUT2D eigenvalue weighted by atomic mass is 35.5. The fourth-order valence-electron chi connectivity index (χ4n) is 3.03. The van der Waals surface area contributed by atoms with Gasteiger partial charge in [-0.1, -0.05) is 11.6 Å². The molecule has 4 nitrogen and oxygen atoms in total. The van der Waals surface area contributed by atoms with Crippen molar-refractivity contribution in [2.24, 2.45) is 5.92 Å². The van der Waals surface area contributed by atoms with Crippen molar-refractivity contribution >= 4 is 17.5 Å². The van der Waals surface area contributed by atoms with E-state index in [0.29, 0.717) is 12.0 Å². The van der Waals surface area contributed by atoms with Crippen molar-refractivity contribution in [1.82, 2.24) is 15.6 Å². The molecule has 2 heterocycles. The lowest BCUT2D eigenvalue weighted by Crippen LogP contribution is -2.44. The molecule has 1 amide bonds. The average Bonchev–Trinajstić information content (AvgIpc) is 2.99. The second kappa shape index (κ2) is 5.14. The predicted molar refractivity (Wildman–Crippen MR) is 70.0 cm³/mol. The van der Waals surface area contributed by atoms with E-state index in [1.807, 2.05) is 0 Å². The fraction of sp³-hybridized carbons (Fsp3) is 0.538. The number of alkyl halides is 3. The highest BCUT2D eigenvalue weighted by Crippen LogP contribution is 2.34. The number of rotatable bonds is 2. The van der Waals surface area contributed by atoms with Crippen LogP contribution in [0.1, 0.15) is 28.9 Å². The Morgan fingerprint density at radius 3 is 2.67 bits per heavy atom. The number of amides is 1. The number of halogens is 4. The van der Waals surface area contributed by atoms with Gasteiger partial charge in [0.1, 0.15) is 10.8 Å². The SMILES string of the molecule is O=C(NC1CC2CC1CN2)c1ccc(C(F)(F)F)c(Cl)n1. The number of nitrogens with one attached hydrogen (secondary N) is 2. The Labute approximate surface area is 124 Å². The van der Waals surface area contributed by atoms with E-state index < -0.39 is 22.8 Å². The summed E-state index contributed by atoms with van der Waals surface area (Å²) in [7, 11) is 0. The Kier molecular flexibility index (Phi) is 3.57. The van der Waals surface area contributed by atoms with Gasteiger partial charge in [0.05, 0.1) is 5.56 Å². The smallest absolute Gasteiger partial charge is 0.348 e. The number of nitrogens with zero attached hydrogens (tertiary/aromatic N) is 1. The topological polar surface area (TPSA) is 54.0 Å². The van der Waals surface area contributed by atoms with Crippen molar-refractivity contribution in [1.29, 1.82) is 0 Å². The molecular weight excluding hydrogens is 307 g/mol. The minimum atomic E-state index is -4.57. The van der Waals surface area contributed by atoms with Crippen molar-refractivity contribution < 1.29 is 18.0 Å². The third kappa shape index (κ3) is 2.85. The first kappa shape index (κ1) is 14.6. The van der Waals surface area contributed by atoms with Crippen molar-refractivity contribution in [2.45, 2.75) is 31.1 Å². The molecule has 1 aromatic rings. The molecule has 21 heavy (non-hydrogen) atoms. The maximum atomic E-state index is 12.6. The van der Waals surface area contributed by atoms with Crippen LogP contribution in [-0.2, 0) is 6.18 Å². The molecule has 2 aliphatic rings. The van der Waals surface area contributed by atoms with Crippen LogP contribution in [0.4, 0.5) is 13.2 Å². The Bertz CT molecular complexity index is 578. The Hall–Kier alpha value is -1.34. The summed E-state index contributed by atoms with van der Waals surface area (Å²) < 4.78 is 37.7. The Balaban J connectivity index is 1.72. The van der Waals surface area contributed by atoms with Gasteiger partial charge in [-0.05, 0) is 30.9 Å². The molecule has 8 heteroatoms. The summed E-state index contributed by atoms with van der Waals surface area (Å²) in [5.74, 6) is -0.105. The summed E-state index contributed by atoms with van der Waals surface area (Å²) in [5.41, 5.74) is -1.13. The summed E-state index contributed by atoms with van der Waals surface area (Å²) in [6, 6.07) is 2.30. The lowest BCUT2D eigenvalue weighted by molar-refractivity contribution is -0.137. The quantitative estimate of drug-likeness (QED) is 0.822. The van der Waals surface area contributed by atoms with Crippen LogP contribution in [-0.4, -0.2) is 29.5 Å². The molecule has 114 valence electrons. The number of carbonyl (C=O) groups is 1. The van der Waals surface area contributed by atoms with E-state index in [0.717, 1.165) is 31.5 Å². The van der Waals surface area contributed by atoms with Crippen LogP contribution in [0.3, 0.4) is 0 Å². The fourth-order valence-corrected chi connectivity index (χ4v) is 3.29. The molecule has 0 radical (unpaired) electrons. The van der Waals surface area contributed by atoms with Gasteiger partial charge in [0.2, 0.25) is 0 Å². The van der Waals surface area contributed by atoms with Gasteiger partial charge in [0, 0.05) is 18.6 Å². The van der Waals surface area contributed by atoms with Crippen molar-refractivity contribution in [3.63, 3.8) is 0 Å². The summed E-state index contributed by atoms with van der Waals surface area (Å²) in [4.78, 5) is 15.6. The summed E-state index contributed by atoms with van der Waals surface area (Å²) in [6.07, 6.45) is -2.72. The van der Waals surface area contributed by atoms with Gasteiger partial charge < -0.3 is 10.6 Å². The standard InChI is InChI=1S/C13H13ClF3N3O/c14-11-8(13(15,16)17)1-2-9(19-11)12(21)20-10-4-7-3-6(10)5-18-7/h1-2,6-7,10,18H,3-5H2,(H,20,21). The molecule has 2 N–H and O–H groups in total. The number of carbonyl (C=O) groups excluding carboxylic acids is 1. The van der Waals surface area contributed by atoms with Crippen LogP contribution in [0.2, 0.25) is 5.15 Å². The average molecular weight is 320 g/mol. The molecule has 1 aliphatic carbocycles. The van der Waals surface area contributed by atoms with Gasteiger partial charge in [-0.15, -0.1) is 0 Å². The lowest BCUT2D eigenvalue weighted by Gasteiger charge is -2.23. The van der Waals surface area contributed by atoms with Crippen molar-refractivity contribution in [2.75, 3.05) is 6.54 Å². The highest BCUT2D eigenvalue weighted by molar-refractivity contribution is 6.30. The molecule has 2 fully saturated rings. The number of fused-ring (bicyclic) bond motifs is 2. The monoisotopic (exact) mass is 319 g/mol. The van der Waals surface area contributed by atoms with E-state index in [-0.39, 0.29) is 11.7 Å². The summed E-state index contributed by atoms with van der Waals surface area (Å²) >= 11 is 5.52. The van der Waals surface area contributed by atoms with Gasteiger partial charge in [-0.2, -0.15) is 13.2 Å². The molecule has 0 aromatic carbocycles. The zero-order valence-electron chi connectivity index (χ0n) is 10.9. The third-order valence-electron chi connectivity index (χ3n) is 4.07. The van der Waals surface area contributed by atoms with E-state index in [1.54, 1.807) is 0 Å². The zero-order valence-corrected chi connectivity index (χ0v) is 11.6. The highest BCUT2D eigenvalue weighted by Gasteiger charge is 2.40. The molecule has 2 bridgehead atoms. The minimum absolute atomic E-state index is 0.0478. The Morgan fingerprint density at radius 2 is 2.14 bits per heavy atom. The molecule has 3 atom stereocenters. The number of hydrogen-bond acceptors (Lipinski definition) is 3. The van der Waals surface area contributed by atoms with E-state index in [1.165, 1.54) is 0 Å². The molecule has 1 aromatic heterocycles. The first-order chi connectivity index (χ1) is 9.84. The molecular formula is C13H13ClF3N3O. The zero-order chi connectivity index (χ0) is 15.2. The van der Waals surface area contributed by atoms with Gasteiger partial charge >= 0.3 is 6.18 Å². The maximum absolute atomic E-state index is 12.6. The number of hydrogen-bond donors (Lipinski definition) is 2. The largest absolute Gasteiger partial charge is 0.419 e. The third-order valence-corrected chi connectivity index (χ3v) is 4.35. The van der Waals surface area contributed by atoms with Crippen LogP contribution in [0.5, 0.6) is 0 Å². The van der Waals surface area contributed by atoms with Crippen LogP contribution in [0.25, 0.3) is 0 Å². The van der Waals surface area contributed by atoms with Gasteiger partial charge in [-0.25, -0.2) is 4.98 Å². The number of pyridine rings is 1. The molecule has 1 aliphatic heterocycles. The molecule has 1 saturated carbocycles. The second-order valence-corrected chi connectivity index (χ2v) is 5.81. The molecule has 0 spiro atoms. The van der Waals surface area contributed by atoms with E-state index in [4.69, 9.17) is 11.6 Å². The summed E-state index contributed by atoms with van der Waals surface area (Å²) in [5, 5.41) is 5.45. The minimum Gasteiger partial charge on any atom is -0.348 e. The van der Waals surface area contributed by atoms with E-state index in [2.05, 4.69) is 15.6 Å². The predicted octanol–water partition coefficient (Wildman–Crippen LogP) is 2.23. The maximum Gasteiger partial charge on any atom is 0.419 e. The first-order valence-corrected chi connectivity index (χ1v) is 7.00. The van der Waals surface area contributed by atoms with Crippen LogP contribution in [0, 0.1) is 5.92 Å². The summed E-state index contributed by atoms with van der Waals surface area (Å²) in [6.45, 7) is 0.858. The number of piperidine rings is 1. The Morgan fingerprint density at radius 1 is 1.38 bits per heavy atom. The van der Waals surface area contributed by atoms with Gasteiger partial charge in [0.15, 0.2) is 0 Å². The van der Waals surface area contributed by atoms with Gasteiger partial charge in [-0.3, -0.25) is 4.79 Å². The van der Waals surface area contributed by atoms with Crippen molar-refractivity contribution in [3.05, 3.63) is 28.5 Å². The first-order valence-electron chi connectivity index (χ1n) is 6.62. The normalized spacial score (nSPS) is 27.9. The van der Waals surface area contributed by atoms with Gasteiger partial charge in [0.25, 0.3) is 5.91 Å². The molecule has 3 unspecified atom stereocenters. The molecule has 3 rings (SSSR count). The number of aromatic nitrogens is 1. The molecule has 1 saturated heterocycles. The van der Waals surface area contributed by atoms with Crippen molar-refractivity contribution in [3.8, 4) is 0 Å². The van der Waals surface area contributed by atoms with Crippen LogP contribution < -0.4 is 10.6 Å². The second-order valence-electron chi connectivity index (χ2n) is 5.45. The van der Waals surface area contributed by atoms with Crippen LogP contribution >= 0.6 is 11.6 Å². The lowest BCUT2D eigenvalue weighted by atomic mass is 10.0.